The van der Waals surface area contributed by atoms with Crippen LogP contribution in [0.2, 0.25) is 0 Å². The number of nitrogens with zero attached hydrogens (tertiary/aromatic N) is 2. The summed E-state index contributed by atoms with van der Waals surface area (Å²) < 4.78 is 11.5. The molecular weight excluding hydrogens is 440 g/mol. The molecule has 3 aliphatic rings. The number of carbonyl (C=O) groups excluding carboxylic acids is 1. The molecule has 6 nitrogen and oxygen atoms in total. The highest BCUT2D eigenvalue weighted by atomic mass is 16.5. The Morgan fingerprint density at radius 3 is 2.74 bits per heavy atom. The Balaban J connectivity index is 1.23. The molecule has 1 aromatic carbocycles. The van der Waals surface area contributed by atoms with Gasteiger partial charge < -0.3 is 19.2 Å². The minimum atomic E-state index is -1.06. The van der Waals surface area contributed by atoms with E-state index in [1.165, 1.54) is 6.92 Å². The van der Waals surface area contributed by atoms with Gasteiger partial charge in [-0.25, -0.2) is 4.98 Å². The van der Waals surface area contributed by atoms with Gasteiger partial charge in [-0.1, -0.05) is 32.1 Å². The van der Waals surface area contributed by atoms with Crippen molar-refractivity contribution in [1.82, 2.24) is 9.88 Å². The average Bonchev–Trinajstić information content (AvgIpc) is 3.26. The van der Waals surface area contributed by atoms with Crippen LogP contribution in [0.3, 0.4) is 0 Å². The van der Waals surface area contributed by atoms with Crippen LogP contribution in [-0.4, -0.2) is 52.3 Å². The molecule has 2 heterocycles. The molecule has 188 valence electrons. The molecule has 5 rings (SSSR count). The molecule has 1 aliphatic heterocycles. The Labute approximate surface area is 208 Å². The zero-order chi connectivity index (χ0) is 24.7. The molecule has 2 aliphatic carbocycles. The van der Waals surface area contributed by atoms with Gasteiger partial charge in [-0.2, -0.15) is 0 Å². The molecule has 0 spiro atoms. The number of carbonyl (C=O) groups is 1. The Kier molecular flexibility index (Phi) is 6.79. The maximum Gasteiger partial charge on any atom is 0.303 e. The molecule has 1 aromatic heterocycles. The van der Waals surface area contributed by atoms with Crippen molar-refractivity contribution in [3.8, 4) is 0 Å². The van der Waals surface area contributed by atoms with Gasteiger partial charge in [0.05, 0.1) is 12.0 Å². The Morgan fingerprint density at radius 1 is 1.29 bits per heavy atom. The number of aromatic nitrogens is 1. The summed E-state index contributed by atoms with van der Waals surface area (Å²) in [5.74, 6) is 1.81. The highest BCUT2D eigenvalue weighted by molar-refractivity contribution is 5.72. The molecule has 2 aromatic rings. The molecule has 1 N–H and O–H groups in total. The monoisotopic (exact) mass is 478 g/mol. The van der Waals surface area contributed by atoms with E-state index in [-0.39, 0.29) is 17.8 Å². The van der Waals surface area contributed by atoms with E-state index >= 15 is 0 Å². The fourth-order valence-electron chi connectivity index (χ4n) is 6.58. The number of hydrogen-bond donors (Lipinski definition) is 1. The van der Waals surface area contributed by atoms with Crippen LogP contribution in [0, 0.1) is 30.1 Å². The molecule has 2 fully saturated rings. The van der Waals surface area contributed by atoms with E-state index in [1.807, 2.05) is 31.2 Å². The lowest BCUT2D eigenvalue weighted by Gasteiger charge is -2.52. The number of fused-ring (bicyclic) bond motifs is 2. The number of oxazole rings is 1. The fourth-order valence-corrected chi connectivity index (χ4v) is 6.58. The van der Waals surface area contributed by atoms with Gasteiger partial charge in [-0.05, 0) is 81.2 Å². The number of hydrogen-bond acceptors (Lipinski definition) is 6. The summed E-state index contributed by atoms with van der Waals surface area (Å²) in [6, 6.07) is 7.99. The van der Waals surface area contributed by atoms with Gasteiger partial charge >= 0.3 is 5.97 Å². The van der Waals surface area contributed by atoms with Crippen LogP contribution in [0.5, 0.6) is 0 Å². The molecule has 1 saturated heterocycles. The van der Waals surface area contributed by atoms with Gasteiger partial charge in [-0.15, -0.1) is 0 Å². The zero-order valence-electron chi connectivity index (χ0n) is 21.4. The number of piperidine rings is 1. The van der Waals surface area contributed by atoms with E-state index in [1.54, 1.807) is 0 Å². The summed E-state index contributed by atoms with van der Waals surface area (Å²) in [6.45, 7) is 10.9. The fraction of sp³-hybridized carbons (Fsp3) is 0.621. The maximum atomic E-state index is 11.7. The summed E-state index contributed by atoms with van der Waals surface area (Å²) in [5, 5.41) is 11.7. The summed E-state index contributed by atoms with van der Waals surface area (Å²) in [4.78, 5) is 18.9. The van der Waals surface area contributed by atoms with Crippen molar-refractivity contribution in [1.29, 1.82) is 0 Å². The lowest BCUT2D eigenvalue weighted by molar-refractivity contribution is -0.148. The standard InChI is InChI=1S/C29H38N2O4/c1-18-15-24-23(10-9-20(3)29(24,33)16-27(18)34-21(4)32)19(2)17-31-13-11-22(12-14-31)28-30-25-7-5-6-8-26(25)35-28/h5-8,15,19-20,22-24,27,33H,9-14,17H2,1-4H3/t19-,20-,23+,24-,27-,29-/m1/s1. The number of rotatable bonds is 5. The number of benzene rings is 1. The molecule has 35 heavy (non-hydrogen) atoms. The predicted octanol–water partition coefficient (Wildman–Crippen LogP) is 5.01. The normalized spacial score (nSPS) is 33.2. The smallest absolute Gasteiger partial charge is 0.303 e. The van der Waals surface area contributed by atoms with Gasteiger partial charge in [0.15, 0.2) is 11.5 Å². The number of ether oxygens (including phenoxy) is 1. The van der Waals surface area contributed by atoms with Crippen LogP contribution < -0.4 is 0 Å². The van der Waals surface area contributed by atoms with Crippen LogP contribution in [-0.2, 0) is 9.53 Å². The van der Waals surface area contributed by atoms with Crippen molar-refractivity contribution in [3.05, 3.63) is 48.2 Å². The van der Waals surface area contributed by atoms with Crippen LogP contribution >= 0.6 is 0 Å². The summed E-state index contributed by atoms with van der Waals surface area (Å²) in [5.41, 5.74) is 1.73. The summed E-state index contributed by atoms with van der Waals surface area (Å²) in [7, 11) is 0. The number of esters is 1. The van der Waals surface area contributed by atoms with E-state index in [0.717, 1.165) is 67.9 Å². The van der Waals surface area contributed by atoms with Crippen molar-refractivity contribution >= 4 is 17.1 Å². The van der Waals surface area contributed by atoms with Crippen molar-refractivity contribution < 1.29 is 19.1 Å². The quantitative estimate of drug-likeness (QED) is 0.481. The van der Waals surface area contributed by atoms with E-state index in [4.69, 9.17) is 14.1 Å². The van der Waals surface area contributed by atoms with Gasteiger partial charge in [0.1, 0.15) is 11.6 Å². The van der Waals surface area contributed by atoms with Crippen molar-refractivity contribution in [3.63, 3.8) is 0 Å². The first-order valence-electron chi connectivity index (χ1n) is 13.2. The lowest BCUT2D eigenvalue weighted by Crippen LogP contribution is -2.56. The van der Waals surface area contributed by atoms with Gasteiger partial charge in [0.2, 0.25) is 0 Å². The van der Waals surface area contributed by atoms with Crippen molar-refractivity contribution in [2.24, 2.45) is 23.7 Å². The van der Waals surface area contributed by atoms with E-state index < -0.39 is 11.7 Å². The third kappa shape index (κ3) is 4.79. The third-order valence-corrected chi connectivity index (χ3v) is 8.68. The third-order valence-electron chi connectivity index (χ3n) is 8.68. The second kappa shape index (κ2) is 9.70. The SMILES string of the molecule is CC(=O)O[C@@H]1[C][C@@]2(O)[C@H](C)CC[C@@H]([C@H](C)CN3CCC(c4nc5ccccc5o4)CC3)[C@H]2C=C1C. The molecule has 6 atom stereocenters. The first-order chi connectivity index (χ1) is 16.7. The highest BCUT2D eigenvalue weighted by Crippen LogP contribution is 2.51. The van der Waals surface area contributed by atoms with Crippen LogP contribution in [0.1, 0.15) is 65.2 Å². The largest absolute Gasteiger partial charge is 0.457 e. The van der Waals surface area contributed by atoms with Crippen LogP contribution in [0.25, 0.3) is 11.1 Å². The molecule has 0 amide bonds. The zero-order valence-corrected chi connectivity index (χ0v) is 21.4. The second-order valence-electron chi connectivity index (χ2n) is 11.1. The number of para-hydroxylation sites is 2. The Hall–Kier alpha value is -2.18. The van der Waals surface area contributed by atoms with Crippen molar-refractivity contribution in [2.75, 3.05) is 19.6 Å². The van der Waals surface area contributed by atoms with Gasteiger partial charge in [0.25, 0.3) is 0 Å². The van der Waals surface area contributed by atoms with Gasteiger partial charge in [0, 0.05) is 25.3 Å². The first-order valence-corrected chi connectivity index (χ1v) is 13.2. The minimum absolute atomic E-state index is 0.00495. The Bertz CT molecular complexity index is 1050. The van der Waals surface area contributed by atoms with Gasteiger partial charge in [-0.3, -0.25) is 4.79 Å². The topological polar surface area (TPSA) is 75.8 Å². The molecule has 0 bridgehead atoms. The van der Waals surface area contributed by atoms with E-state index in [2.05, 4.69) is 31.2 Å². The minimum Gasteiger partial charge on any atom is -0.457 e. The second-order valence-corrected chi connectivity index (χ2v) is 11.1. The lowest BCUT2D eigenvalue weighted by atomic mass is 9.57. The molecule has 1 saturated carbocycles. The molecule has 6 heteroatoms. The highest BCUT2D eigenvalue weighted by Gasteiger charge is 2.53. The molecule has 2 radical (unpaired) electrons. The first kappa shape index (κ1) is 24.5. The number of aliphatic hydroxyl groups is 1. The van der Waals surface area contributed by atoms with Crippen molar-refractivity contribution in [2.45, 2.75) is 71.0 Å². The summed E-state index contributed by atoms with van der Waals surface area (Å²) >= 11 is 0. The van der Waals surface area contributed by atoms with Crippen LogP contribution in [0.15, 0.2) is 40.3 Å². The maximum absolute atomic E-state index is 11.7. The van der Waals surface area contributed by atoms with E-state index in [0.29, 0.717) is 17.8 Å². The average molecular weight is 479 g/mol. The molecule has 0 unspecified atom stereocenters. The van der Waals surface area contributed by atoms with E-state index in [9.17, 15) is 9.90 Å². The summed E-state index contributed by atoms with van der Waals surface area (Å²) in [6.07, 6.45) is 9.07. The van der Waals surface area contributed by atoms with Crippen LogP contribution in [0.4, 0.5) is 0 Å². The number of likely N-dealkylation sites (tertiary alicyclic amines) is 1. The molecular formula is C29H38N2O4. The predicted molar refractivity (Wildman–Crippen MR) is 134 cm³/mol. The Morgan fingerprint density at radius 2 is 2.03 bits per heavy atom.